The van der Waals surface area contributed by atoms with Gasteiger partial charge in [-0.2, -0.15) is 4.31 Å². The van der Waals surface area contributed by atoms with Crippen molar-refractivity contribution in [2.24, 2.45) is 0 Å². The van der Waals surface area contributed by atoms with Gasteiger partial charge in [-0.15, -0.1) is 0 Å². The summed E-state index contributed by atoms with van der Waals surface area (Å²) in [6.07, 6.45) is 0. The lowest BCUT2D eigenvalue weighted by Gasteiger charge is -2.41. The predicted molar refractivity (Wildman–Crippen MR) is 77.0 cm³/mol. The molecular formula is C13H19ClN2O2S. The molecule has 2 rings (SSSR count). The SMILES string of the molecule is Cc1ccc(Cl)cc1S(=O)(=O)N1CCNCC1(C)C. The first-order valence-electron chi connectivity index (χ1n) is 6.25. The first-order chi connectivity index (χ1) is 8.75. The van der Waals surface area contributed by atoms with Crippen LogP contribution in [0.3, 0.4) is 0 Å². The lowest BCUT2D eigenvalue weighted by Crippen LogP contribution is -2.59. The zero-order valence-electron chi connectivity index (χ0n) is 11.4. The van der Waals surface area contributed by atoms with Gasteiger partial charge in [0.1, 0.15) is 0 Å². The van der Waals surface area contributed by atoms with Crippen LogP contribution in [-0.2, 0) is 10.0 Å². The minimum atomic E-state index is -3.51. The van der Waals surface area contributed by atoms with Crippen LogP contribution in [0.2, 0.25) is 5.02 Å². The first-order valence-corrected chi connectivity index (χ1v) is 8.07. The van der Waals surface area contributed by atoms with E-state index in [2.05, 4.69) is 5.32 Å². The highest BCUT2D eigenvalue weighted by Crippen LogP contribution is 2.29. The van der Waals surface area contributed by atoms with Gasteiger partial charge in [0.15, 0.2) is 0 Å². The Bertz CT molecular complexity index is 584. The van der Waals surface area contributed by atoms with Crippen molar-refractivity contribution in [3.8, 4) is 0 Å². The fourth-order valence-corrected chi connectivity index (χ4v) is 4.65. The van der Waals surface area contributed by atoms with E-state index in [1.54, 1.807) is 23.4 Å². The number of halogens is 1. The number of hydrogen-bond acceptors (Lipinski definition) is 3. The Labute approximate surface area is 119 Å². The van der Waals surface area contributed by atoms with Gasteiger partial charge in [0, 0.05) is 30.2 Å². The summed E-state index contributed by atoms with van der Waals surface area (Å²) in [5.74, 6) is 0. The Kier molecular flexibility index (Phi) is 3.93. The smallest absolute Gasteiger partial charge is 0.243 e. The number of hydrogen-bond donors (Lipinski definition) is 1. The largest absolute Gasteiger partial charge is 0.314 e. The molecule has 0 spiro atoms. The third-order valence-corrected chi connectivity index (χ3v) is 5.93. The van der Waals surface area contributed by atoms with Gasteiger partial charge in [-0.25, -0.2) is 8.42 Å². The highest BCUT2D eigenvalue weighted by atomic mass is 35.5. The van der Waals surface area contributed by atoms with Crippen molar-refractivity contribution in [1.82, 2.24) is 9.62 Å². The van der Waals surface area contributed by atoms with Crippen molar-refractivity contribution >= 4 is 21.6 Å². The molecule has 6 heteroatoms. The van der Waals surface area contributed by atoms with Gasteiger partial charge in [-0.05, 0) is 38.5 Å². The van der Waals surface area contributed by atoms with Crippen LogP contribution >= 0.6 is 11.6 Å². The molecule has 0 amide bonds. The molecule has 1 heterocycles. The molecule has 1 aliphatic heterocycles. The Morgan fingerprint density at radius 2 is 2.05 bits per heavy atom. The fraction of sp³-hybridized carbons (Fsp3) is 0.538. The quantitative estimate of drug-likeness (QED) is 0.909. The van der Waals surface area contributed by atoms with Crippen molar-refractivity contribution in [3.63, 3.8) is 0 Å². The van der Waals surface area contributed by atoms with Crippen molar-refractivity contribution in [1.29, 1.82) is 0 Å². The average Bonchev–Trinajstić information content (AvgIpc) is 2.31. The fourth-order valence-electron chi connectivity index (χ4n) is 2.38. The highest BCUT2D eigenvalue weighted by molar-refractivity contribution is 7.89. The Hall–Kier alpha value is -0.620. The molecule has 0 atom stereocenters. The van der Waals surface area contributed by atoms with Crippen LogP contribution in [0.25, 0.3) is 0 Å². The van der Waals surface area contributed by atoms with E-state index in [9.17, 15) is 8.42 Å². The molecule has 106 valence electrons. The van der Waals surface area contributed by atoms with Crippen LogP contribution in [0, 0.1) is 6.92 Å². The van der Waals surface area contributed by atoms with E-state index >= 15 is 0 Å². The maximum atomic E-state index is 12.8. The predicted octanol–water partition coefficient (Wildman–Crippen LogP) is 2.02. The van der Waals surface area contributed by atoms with Crippen molar-refractivity contribution in [3.05, 3.63) is 28.8 Å². The number of rotatable bonds is 2. The molecule has 1 aliphatic rings. The highest BCUT2D eigenvalue weighted by Gasteiger charge is 2.39. The first kappa shape index (κ1) is 14.8. The lowest BCUT2D eigenvalue weighted by atomic mass is 10.0. The molecule has 0 aliphatic carbocycles. The number of benzene rings is 1. The topological polar surface area (TPSA) is 49.4 Å². The van der Waals surface area contributed by atoms with E-state index in [-0.39, 0.29) is 0 Å². The second kappa shape index (κ2) is 5.05. The van der Waals surface area contributed by atoms with Gasteiger partial charge < -0.3 is 5.32 Å². The maximum absolute atomic E-state index is 12.8. The van der Waals surface area contributed by atoms with E-state index in [1.165, 1.54) is 6.07 Å². The molecule has 1 aromatic carbocycles. The van der Waals surface area contributed by atoms with Crippen molar-refractivity contribution in [2.75, 3.05) is 19.6 Å². The molecule has 0 radical (unpaired) electrons. The number of aryl methyl sites for hydroxylation is 1. The molecule has 1 N–H and O–H groups in total. The summed E-state index contributed by atoms with van der Waals surface area (Å²) in [6.45, 7) is 7.43. The van der Waals surface area contributed by atoms with Gasteiger partial charge in [0.05, 0.1) is 4.90 Å². The van der Waals surface area contributed by atoms with Gasteiger partial charge in [0.25, 0.3) is 0 Å². The molecule has 0 saturated carbocycles. The summed E-state index contributed by atoms with van der Waals surface area (Å²) >= 11 is 5.94. The maximum Gasteiger partial charge on any atom is 0.243 e. The molecule has 1 fully saturated rings. The average molecular weight is 303 g/mol. The number of nitrogens with zero attached hydrogens (tertiary/aromatic N) is 1. The summed E-state index contributed by atoms with van der Waals surface area (Å²) in [5, 5.41) is 3.66. The summed E-state index contributed by atoms with van der Waals surface area (Å²) in [7, 11) is -3.51. The van der Waals surface area contributed by atoms with Crippen molar-refractivity contribution < 1.29 is 8.42 Å². The van der Waals surface area contributed by atoms with E-state index in [4.69, 9.17) is 11.6 Å². The molecule has 1 aromatic rings. The number of piperazine rings is 1. The third kappa shape index (κ3) is 2.79. The second-order valence-electron chi connectivity index (χ2n) is 5.48. The van der Waals surface area contributed by atoms with Gasteiger partial charge in [0.2, 0.25) is 10.0 Å². The Morgan fingerprint density at radius 1 is 1.37 bits per heavy atom. The molecular weight excluding hydrogens is 284 g/mol. The zero-order valence-corrected chi connectivity index (χ0v) is 13.0. The summed E-state index contributed by atoms with van der Waals surface area (Å²) < 4.78 is 27.2. The molecule has 0 unspecified atom stereocenters. The van der Waals surface area contributed by atoms with Crippen LogP contribution in [0.5, 0.6) is 0 Å². The van der Waals surface area contributed by atoms with E-state index in [0.717, 1.165) is 5.56 Å². The summed E-state index contributed by atoms with van der Waals surface area (Å²) in [5.41, 5.74) is 0.282. The summed E-state index contributed by atoms with van der Waals surface area (Å²) in [4.78, 5) is 0.301. The molecule has 0 aromatic heterocycles. The summed E-state index contributed by atoms with van der Waals surface area (Å²) in [6, 6.07) is 4.98. The van der Waals surface area contributed by atoms with Crippen LogP contribution in [0.15, 0.2) is 23.1 Å². The van der Waals surface area contributed by atoms with E-state index < -0.39 is 15.6 Å². The second-order valence-corrected chi connectivity index (χ2v) is 7.74. The van der Waals surface area contributed by atoms with Gasteiger partial charge >= 0.3 is 0 Å². The van der Waals surface area contributed by atoms with Crippen LogP contribution in [0.4, 0.5) is 0 Å². The zero-order chi connectivity index (χ0) is 14.3. The number of sulfonamides is 1. The van der Waals surface area contributed by atoms with Crippen LogP contribution < -0.4 is 5.32 Å². The van der Waals surface area contributed by atoms with Gasteiger partial charge in [-0.1, -0.05) is 17.7 Å². The Balaban J connectivity index is 2.50. The minimum Gasteiger partial charge on any atom is -0.314 e. The Morgan fingerprint density at radius 3 is 2.68 bits per heavy atom. The van der Waals surface area contributed by atoms with E-state index in [1.807, 2.05) is 13.8 Å². The molecule has 4 nitrogen and oxygen atoms in total. The molecule has 19 heavy (non-hydrogen) atoms. The molecule has 1 saturated heterocycles. The lowest BCUT2D eigenvalue weighted by molar-refractivity contribution is 0.186. The standard InChI is InChI=1S/C13H19ClN2O2S/c1-10-4-5-11(14)8-12(10)19(17,18)16-7-6-15-9-13(16,2)3/h4-5,8,15H,6-7,9H2,1-3H3. The normalized spacial score (nSPS) is 20.4. The van der Waals surface area contributed by atoms with E-state index in [0.29, 0.717) is 29.6 Å². The third-order valence-electron chi connectivity index (χ3n) is 3.44. The van der Waals surface area contributed by atoms with Crippen LogP contribution in [-0.4, -0.2) is 37.9 Å². The monoisotopic (exact) mass is 302 g/mol. The van der Waals surface area contributed by atoms with Gasteiger partial charge in [-0.3, -0.25) is 0 Å². The minimum absolute atomic E-state index is 0.301. The number of nitrogens with one attached hydrogen (secondary N) is 1. The van der Waals surface area contributed by atoms with Crippen molar-refractivity contribution in [2.45, 2.75) is 31.2 Å². The molecule has 0 bridgehead atoms. The van der Waals surface area contributed by atoms with Crippen LogP contribution in [0.1, 0.15) is 19.4 Å².